The van der Waals surface area contributed by atoms with Crippen molar-refractivity contribution in [3.63, 3.8) is 0 Å². The summed E-state index contributed by atoms with van der Waals surface area (Å²) in [4.78, 5) is 0. The fourth-order valence-corrected chi connectivity index (χ4v) is 2.12. The largest absolute Gasteiger partial charge is 0.494 e. The van der Waals surface area contributed by atoms with Crippen LogP contribution in [0.5, 0.6) is 11.5 Å². The Morgan fingerprint density at radius 1 is 1.00 bits per heavy atom. The van der Waals surface area contributed by atoms with Gasteiger partial charge in [-0.3, -0.25) is 0 Å². The van der Waals surface area contributed by atoms with Gasteiger partial charge in [0.05, 0.1) is 6.61 Å². The third-order valence-corrected chi connectivity index (χ3v) is 3.44. The Morgan fingerprint density at radius 2 is 1.65 bits per heavy atom. The van der Waals surface area contributed by atoms with Gasteiger partial charge >= 0.3 is 0 Å². The molecule has 0 atom stereocenters. The molecule has 2 aromatic rings. The fourth-order valence-electron chi connectivity index (χ4n) is 1.65. The van der Waals surface area contributed by atoms with Crippen molar-refractivity contribution in [1.29, 1.82) is 0 Å². The summed E-state index contributed by atoms with van der Waals surface area (Å²) in [6.45, 7) is 3.16. The van der Waals surface area contributed by atoms with E-state index in [1.807, 2.05) is 24.3 Å². The molecule has 0 saturated carbocycles. The molecule has 2 rings (SSSR count). The molecule has 106 valence electrons. The fraction of sp³-hybridized carbons (Fsp3) is 0.250. The van der Waals surface area contributed by atoms with Gasteiger partial charge in [-0.25, -0.2) is 4.39 Å². The molecule has 0 N–H and O–H groups in total. The number of rotatable bonds is 6. The molecule has 0 aromatic heterocycles. The summed E-state index contributed by atoms with van der Waals surface area (Å²) >= 11 is 3.32. The maximum Gasteiger partial charge on any atom is 0.124 e. The Bertz CT molecular complexity index is 555. The Balaban J connectivity index is 1.93. The van der Waals surface area contributed by atoms with E-state index in [0.29, 0.717) is 17.7 Å². The van der Waals surface area contributed by atoms with E-state index in [1.165, 1.54) is 12.1 Å². The molecule has 4 heteroatoms. The second-order valence-corrected chi connectivity index (χ2v) is 5.20. The minimum absolute atomic E-state index is 0.266. The van der Waals surface area contributed by atoms with Crippen LogP contribution >= 0.6 is 15.9 Å². The molecule has 0 heterocycles. The number of ether oxygens (including phenoxy) is 2. The summed E-state index contributed by atoms with van der Waals surface area (Å²) in [5.74, 6) is 1.32. The molecule has 0 aliphatic carbocycles. The lowest BCUT2D eigenvalue weighted by Gasteiger charge is -2.09. The van der Waals surface area contributed by atoms with Gasteiger partial charge in [0.2, 0.25) is 0 Å². The summed E-state index contributed by atoms with van der Waals surface area (Å²) in [7, 11) is 0. The van der Waals surface area contributed by atoms with E-state index < -0.39 is 0 Å². The van der Waals surface area contributed by atoms with Crippen molar-refractivity contribution in [3.8, 4) is 11.5 Å². The van der Waals surface area contributed by atoms with E-state index in [-0.39, 0.29) is 5.82 Å². The van der Waals surface area contributed by atoms with Crippen molar-refractivity contribution in [2.45, 2.75) is 20.0 Å². The molecular formula is C16H16BrFO2. The van der Waals surface area contributed by atoms with Crippen molar-refractivity contribution in [2.24, 2.45) is 0 Å². The van der Waals surface area contributed by atoms with Gasteiger partial charge in [-0.2, -0.15) is 0 Å². The Kier molecular flexibility index (Phi) is 5.41. The predicted molar refractivity (Wildman–Crippen MR) is 80.7 cm³/mol. The van der Waals surface area contributed by atoms with Gasteiger partial charge in [-0.15, -0.1) is 0 Å². The number of hydrogen-bond acceptors (Lipinski definition) is 2. The van der Waals surface area contributed by atoms with Crippen molar-refractivity contribution in [3.05, 3.63) is 58.3 Å². The summed E-state index contributed by atoms with van der Waals surface area (Å²) < 4.78 is 24.8. The van der Waals surface area contributed by atoms with Gasteiger partial charge in [-0.1, -0.05) is 28.9 Å². The maximum absolute atomic E-state index is 13.0. The van der Waals surface area contributed by atoms with E-state index in [4.69, 9.17) is 9.47 Å². The van der Waals surface area contributed by atoms with Crippen molar-refractivity contribution >= 4 is 15.9 Å². The highest BCUT2D eigenvalue weighted by atomic mass is 79.9. The molecule has 0 saturated heterocycles. The van der Waals surface area contributed by atoms with Crippen molar-refractivity contribution in [1.82, 2.24) is 0 Å². The average Bonchev–Trinajstić information content (AvgIpc) is 2.45. The monoisotopic (exact) mass is 338 g/mol. The smallest absolute Gasteiger partial charge is 0.124 e. The van der Waals surface area contributed by atoms with Crippen molar-refractivity contribution in [2.75, 3.05) is 6.61 Å². The normalized spacial score (nSPS) is 10.3. The van der Waals surface area contributed by atoms with E-state index in [9.17, 15) is 4.39 Å². The second-order valence-electron chi connectivity index (χ2n) is 4.34. The van der Waals surface area contributed by atoms with Crippen LogP contribution in [-0.2, 0) is 6.61 Å². The minimum atomic E-state index is -0.266. The first kappa shape index (κ1) is 14.9. The van der Waals surface area contributed by atoms with Crippen LogP contribution in [0, 0.1) is 5.82 Å². The van der Waals surface area contributed by atoms with E-state index >= 15 is 0 Å². The molecule has 20 heavy (non-hydrogen) atoms. The van der Waals surface area contributed by atoms with Crippen LogP contribution in [0.15, 0.2) is 46.9 Å². The summed E-state index contributed by atoms with van der Waals surface area (Å²) in [6, 6.07) is 12.0. The van der Waals surface area contributed by atoms with Crippen LogP contribution in [0.1, 0.15) is 18.9 Å². The quantitative estimate of drug-likeness (QED) is 0.741. The van der Waals surface area contributed by atoms with Gasteiger partial charge in [0.25, 0.3) is 0 Å². The molecule has 0 fully saturated rings. The molecule has 2 aromatic carbocycles. The Morgan fingerprint density at radius 3 is 2.25 bits per heavy atom. The zero-order chi connectivity index (χ0) is 14.4. The first-order valence-electron chi connectivity index (χ1n) is 6.48. The van der Waals surface area contributed by atoms with Crippen LogP contribution in [0.4, 0.5) is 4.39 Å². The third kappa shape index (κ3) is 4.23. The summed E-state index contributed by atoms with van der Waals surface area (Å²) in [5, 5.41) is 0. The number of hydrogen-bond donors (Lipinski definition) is 0. The van der Waals surface area contributed by atoms with Gasteiger partial charge in [0, 0.05) is 10.0 Å². The van der Waals surface area contributed by atoms with Gasteiger partial charge in [0.1, 0.15) is 23.9 Å². The topological polar surface area (TPSA) is 18.5 Å². The molecular weight excluding hydrogens is 323 g/mol. The van der Waals surface area contributed by atoms with Crippen molar-refractivity contribution < 1.29 is 13.9 Å². The average molecular weight is 339 g/mol. The molecule has 0 amide bonds. The van der Waals surface area contributed by atoms with Gasteiger partial charge in [-0.05, 0) is 42.8 Å². The molecule has 0 radical (unpaired) electrons. The van der Waals surface area contributed by atoms with Crippen LogP contribution in [0.2, 0.25) is 0 Å². The lowest BCUT2D eigenvalue weighted by molar-refractivity contribution is 0.300. The molecule has 0 spiro atoms. The first-order chi connectivity index (χ1) is 9.69. The van der Waals surface area contributed by atoms with E-state index in [1.54, 1.807) is 6.07 Å². The molecule has 0 bridgehead atoms. The van der Waals surface area contributed by atoms with E-state index in [0.717, 1.165) is 23.5 Å². The van der Waals surface area contributed by atoms with E-state index in [2.05, 4.69) is 22.9 Å². The number of halogens is 2. The maximum atomic E-state index is 13.0. The lowest BCUT2D eigenvalue weighted by Crippen LogP contribution is -1.98. The Labute approximate surface area is 126 Å². The van der Waals surface area contributed by atoms with Crippen LogP contribution in [0.25, 0.3) is 0 Å². The minimum Gasteiger partial charge on any atom is -0.494 e. The first-order valence-corrected chi connectivity index (χ1v) is 7.28. The molecule has 0 unspecified atom stereocenters. The second kappa shape index (κ2) is 7.29. The highest BCUT2D eigenvalue weighted by Crippen LogP contribution is 2.22. The highest BCUT2D eigenvalue weighted by molar-refractivity contribution is 9.10. The lowest BCUT2D eigenvalue weighted by atomic mass is 10.2. The summed E-state index contributed by atoms with van der Waals surface area (Å²) in [6.07, 6.45) is 0.983. The van der Waals surface area contributed by atoms with Crippen LogP contribution < -0.4 is 9.47 Å². The van der Waals surface area contributed by atoms with Gasteiger partial charge in [0.15, 0.2) is 0 Å². The van der Waals surface area contributed by atoms with Crippen LogP contribution in [-0.4, -0.2) is 6.61 Å². The number of benzene rings is 2. The van der Waals surface area contributed by atoms with Gasteiger partial charge < -0.3 is 9.47 Å². The highest BCUT2D eigenvalue weighted by Gasteiger charge is 2.03. The van der Waals surface area contributed by atoms with Crippen LogP contribution in [0.3, 0.4) is 0 Å². The zero-order valence-electron chi connectivity index (χ0n) is 11.2. The molecule has 0 aliphatic heterocycles. The Hall–Kier alpha value is -1.55. The SMILES string of the molecule is CCCOc1ccc(OCc2ccc(F)cc2Br)cc1. The molecule has 0 aliphatic rings. The molecule has 2 nitrogen and oxygen atoms in total. The standard InChI is InChI=1S/C16H16BrFO2/c1-2-9-19-14-5-7-15(8-6-14)20-11-12-3-4-13(18)10-16(12)17/h3-8,10H,2,9,11H2,1H3. The third-order valence-electron chi connectivity index (χ3n) is 2.71. The predicted octanol–water partition coefficient (Wildman–Crippen LogP) is 4.96. The summed E-state index contributed by atoms with van der Waals surface area (Å²) in [5.41, 5.74) is 0.901. The zero-order valence-corrected chi connectivity index (χ0v) is 12.8.